The van der Waals surface area contributed by atoms with Gasteiger partial charge in [0.15, 0.2) is 6.29 Å². The van der Waals surface area contributed by atoms with Gasteiger partial charge in [0, 0.05) is 6.61 Å². The normalized spacial score (nSPS) is 17.4. The van der Waals surface area contributed by atoms with E-state index in [1.54, 1.807) is 19.9 Å². The van der Waals surface area contributed by atoms with Crippen LogP contribution in [0.15, 0.2) is 23.3 Å². The minimum atomic E-state index is -1.01. The fraction of sp³-hybridized carbons (Fsp3) is 0.583. The third-order valence-corrected chi connectivity index (χ3v) is 2.33. The minimum absolute atomic E-state index is 0.328. The van der Waals surface area contributed by atoms with Crippen molar-refractivity contribution in [3.05, 3.63) is 23.3 Å². The van der Waals surface area contributed by atoms with E-state index in [1.807, 2.05) is 6.08 Å². The van der Waals surface area contributed by atoms with Gasteiger partial charge in [0.2, 0.25) is 0 Å². The molecular formula is C12H18O4. The minimum Gasteiger partial charge on any atom is -0.462 e. The highest BCUT2D eigenvalue weighted by Gasteiger charge is 2.22. The summed E-state index contributed by atoms with van der Waals surface area (Å²) in [5.74, 6) is -0.396. The monoisotopic (exact) mass is 226 g/mol. The molecule has 4 heteroatoms. The maximum Gasteiger partial charge on any atom is 0.338 e. The highest BCUT2D eigenvalue weighted by molar-refractivity contribution is 5.92. The van der Waals surface area contributed by atoms with Crippen molar-refractivity contribution in [3.8, 4) is 0 Å². The first kappa shape index (κ1) is 12.9. The average Bonchev–Trinajstić information content (AvgIpc) is 2.30. The molecule has 0 aromatic rings. The molecule has 4 nitrogen and oxygen atoms in total. The first-order valence-electron chi connectivity index (χ1n) is 5.57. The van der Waals surface area contributed by atoms with Gasteiger partial charge in [0.1, 0.15) is 0 Å². The molecule has 1 aliphatic rings. The van der Waals surface area contributed by atoms with Crippen LogP contribution in [0.2, 0.25) is 0 Å². The van der Waals surface area contributed by atoms with E-state index in [-0.39, 0.29) is 0 Å². The number of esters is 1. The van der Waals surface area contributed by atoms with Gasteiger partial charge in [-0.1, -0.05) is 12.2 Å². The Bertz CT molecular complexity index is 304. The zero-order chi connectivity index (χ0) is 12.0. The molecule has 0 fully saturated rings. The van der Waals surface area contributed by atoms with Gasteiger partial charge in [0.05, 0.1) is 12.2 Å². The lowest BCUT2D eigenvalue weighted by Gasteiger charge is -2.19. The van der Waals surface area contributed by atoms with Gasteiger partial charge in [-0.2, -0.15) is 0 Å². The highest BCUT2D eigenvalue weighted by Crippen LogP contribution is 2.23. The smallest absolute Gasteiger partial charge is 0.338 e. The number of aliphatic hydroxyl groups excluding tert-OH is 1. The standard InChI is InChI=1S/C12H18O4/c1-3-15-11(13)9-7-5-6-8-10(9)12(14)16-4-2/h5,7,12,14H,3-4,6,8H2,1-2H3. The van der Waals surface area contributed by atoms with Gasteiger partial charge in [-0.25, -0.2) is 4.79 Å². The largest absolute Gasteiger partial charge is 0.462 e. The Morgan fingerprint density at radius 3 is 2.88 bits per heavy atom. The van der Waals surface area contributed by atoms with Crippen LogP contribution in [0.5, 0.6) is 0 Å². The molecule has 0 aliphatic heterocycles. The Morgan fingerprint density at radius 2 is 2.25 bits per heavy atom. The Balaban J connectivity index is 2.87. The van der Waals surface area contributed by atoms with Crippen LogP contribution in [0, 0.1) is 0 Å². The fourth-order valence-electron chi connectivity index (χ4n) is 1.60. The van der Waals surface area contributed by atoms with Crippen molar-refractivity contribution in [2.24, 2.45) is 0 Å². The molecule has 0 saturated heterocycles. The second kappa shape index (κ2) is 6.45. The van der Waals surface area contributed by atoms with E-state index in [0.29, 0.717) is 30.8 Å². The average molecular weight is 226 g/mol. The number of carbonyl (C=O) groups is 1. The van der Waals surface area contributed by atoms with Crippen molar-refractivity contribution < 1.29 is 19.4 Å². The number of ether oxygens (including phenoxy) is 2. The van der Waals surface area contributed by atoms with Crippen LogP contribution in [0.25, 0.3) is 0 Å². The molecule has 0 saturated carbocycles. The fourth-order valence-corrected chi connectivity index (χ4v) is 1.60. The van der Waals surface area contributed by atoms with Gasteiger partial charge < -0.3 is 14.6 Å². The second-order valence-electron chi connectivity index (χ2n) is 3.41. The predicted molar refractivity (Wildman–Crippen MR) is 59.7 cm³/mol. The van der Waals surface area contributed by atoms with Crippen molar-refractivity contribution >= 4 is 5.97 Å². The molecule has 1 atom stereocenters. The van der Waals surface area contributed by atoms with Crippen molar-refractivity contribution in [1.82, 2.24) is 0 Å². The quantitative estimate of drug-likeness (QED) is 0.571. The highest BCUT2D eigenvalue weighted by atomic mass is 16.6. The van der Waals surface area contributed by atoms with Gasteiger partial charge in [-0.15, -0.1) is 0 Å². The van der Waals surface area contributed by atoms with E-state index in [2.05, 4.69) is 0 Å². The first-order valence-corrected chi connectivity index (χ1v) is 5.57. The van der Waals surface area contributed by atoms with Crippen LogP contribution in [-0.2, 0) is 14.3 Å². The molecule has 1 aliphatic carbocycles. The van der Waals surface area contributed by atoms with Crippen molar-refractivity contribution in [2.45, 2.75) is 33.0 Å². The third kappa shape index (κ3) is 3.18. The Kier molecular flexibility index (Phi) is 5.22. The molecule has 0 heterocycles. The molecule has 0 spiro atoms. The summed E-state index contributed by atoms with van der Waals surface area (Å²) in [7, 11) is 0. The van der Waals surface area contributed by atoms with Crippen LogP contribution in [-0.4, -0.2) is 30.6 Å². The molecule has 0 amide bonds. The SMILES string of the molecule is CCOC(=O)C1=C(C(O)OCC)CCC=C1. The summed E-state index contributed by atoms with van der Waals surface area (Å²) in [5, 5.41) is 9.74. The van der Waals surface area contributed by atoms with Crippen LogP contribution < -0.4 is 0 Å². The van der Waals surface area contributed by atoms with E-state index in [9.17, 15) is 9.90 Å². The van der Waals surface area contributed by atoms with Gasteiger partial charge in [0.25, 0.3) is 0 Å². The predicted octanol–water partition coefficient (Wildman–Crippen LogP) is 1.55. The third-order valence-electron chi connectivity index (χ3n) is 2.33. The van der Waals surface area contributed by atoms with Gasteiger partial charge in [-0.05, 0) is 32.3 Å². The van der Waals surface area contributed by atoms with E-state index >= 15 is 0 Å². The van der Waals surface area contributed by atoms with Crippen LogP contribution in [0.1, 0.15) is 26.7 Å². The molecule has 0 bridgehead atoms. The summed E-state index contributed by atoms with van der Waals surface area (Å²) in [5.41, 5.74) is 1.04. The van der Waals surface area contributed by atoms with Crippen molar-refractivity contribution in [3.63, 3.8) is 0 Å². The number of allylic oxidation sites excluding steroid dienone is 1. The maximum atomic E-state index is 11.6. The number of carbonyl (C=O) groups excluding carboxylic acids is 1. The number of aliphatic hydroxyl groups is 1. The molecule has 0 aromatic heterocycles. The Labute approximate surface area is 95.6 Å². The molecule has 1 unspecified atom stereocenters. The van der Waals surface area contributed by atoms with Gasteiger partial charge >= 0.3 is 5.97 Å². The molecule has 90 valence electrons. The number of hydrogen-bond donors (Lipinski definition) is 1. The summed E-state index contributed by atoms with van der Waals surface area (Å²) < 4.78 is 10.0. The molecule has 0 radical (unpaired) electrons. The Hall–Kier alpha value is -1.13. The van der Waals surface area contributed by atoms with Crippen LogP contribution >= 0.6 is 0 Å². The number of rotatable bonds is 5. The lowest BCUT2D eigenvalue weighted by Crippen LogP contribution is -2.21. The summed E-state index contributed by atoms with van der Waals surface area (Å²) >= 11 is 0. The van der Waals surface area contributed by atoms with E-state index < -0.39 is 12.3 Å². The number of hydrogen-bond acceptors (Lipinski definition) is 4. The Morgan fingerprint density at radius 1 is 1.50 bits per heavy atom. The molecule has 16 heavy (non-hydrogen) atoms. The zero-order valence-corrected chi connectivity index (χ0v) is 9.73. The zero-order valence-electron chi connectivity index (χ0n) is 9.73. The maximum absolute atomic E-state index is 11.6. The van der Waals surface area contributed by atoms with Crippen molar-refractivity contribution in [2.75, 3.05) is 13.2 Å². The van der Waals surface area contributed by atoms with Crippen molar-refractivity contribution in [1.29, 1.82) is 0 Å². The lowest BCUT2D eigenvalue weighted by atomic mass is 9.97. The first-order chi connectivity index (χ1) is 7.70. The van der Waals surface area contributed by atoms with Gasteiger partial charge in [-0.3, -0.25) is 0 Å². The molecule has 1 rings (SSSR count). The summed E-state index contributed by atoms with van der Waals surface area (Å²) in [6.07, 6.45) is 4.02. The molecule has 1 N–H and O–H groups in total. The summed E-state index contributed by atoms with van der Waals surface area (Å²) in [6, 6.07) is 0. The lowest BCUT2D eigenvalue weighted by molar-refractivity contribution is -0.138. The van der Waals surface area contributed by atoms with Crippen LogP contribution in [0.4, 0.5) is 0 Å². The van der Waals surface area contributed by atoms with E-state index in [0.717, 1.165) is 6.42 Å². The summed E-state index contributed by atoms with van der Waals surface area (Å²) in [6.45, 7) is 4.29. The molecular weight excluding hydrogens is 208 g/mol. The topological polar surface area (TPSA) is 55.8 Å². The van der Waals surface area contributed by atoms with E-state index in [1.165, 1.54) is 0 Å². The molecule has 0 aromatic carbocycles. The van der Waals surface area contributed by atoms with E-state index in [4.69, 9.17) is 9.47 Å². The van der Waals surface area contributed by atoms with Crippen LogP contribution in [0.3, 0.4) is 0 Å². The summed E-state index contributed by atoms with van der Waals surface area (Å²) in [4.78, 5) is 11.6. The second-order valence-corrected chi connectivity index (χ2v) is 3.41.